The van der Waals surface area contributed by atoms with Crippen LogP contribution in [0.15, 0.2) is 11.6 Å². The van der Waals surface area contributed by atoms with E-state index in [1.165, 1.54) is 16.2 Å². The predicted molar refractivity (Wildman–Crippen MR) is 54.2 cm³/mol. The molecule has 0 aliphatic rings. The van der Waals surface area contributed by atoms with Crippen LogP contribution >= 0.6 is 11.3 Å². The van der Waals surface area contributed by atoms with Gasteiger partial charge in [-0.25, -0.2) is 9.78 Å². The minimum atomic E-state index is -0.120. The monoisotopic (exact) mass is 199 g/mol. The molecule has 0 unspecified atom stereocenters. The zero-order valence-corrected chi connectivity index (χ0v) is 8.76. The minimum absolute atomic E-state index is 0.120. The van der Waals surface area contributed by atoms with Gasteiger partial charge in [-0.1, -0.05) is 0 Å². The topological polar surface area (TPSA) is 45.2 Å². The van der Waals surface area contributed by atoms with Crippen molar-refractivity contribution in [2.45, 2.75) is 19.9 Å². The summed E-state index contributed by atoms with van der Waals surface area (Å²) >= 11 is 1.44. The van der Waals surface area contributed by atoms with Gasteiger partial charge in [0, 0.05) is 24.7 Å². The fraction of sp³-hybridized carbons (Fsp3) is 0.500. The van der Waals surface area contributed by atoms with E-state index in [1.54, 1.807) is 13.2 Å². The molecular weight excluding hydrogens is 186 g/mol. The van der Waals surface area contributed by atoms with Crippen molar-refractivity contribution < 1.29 is 4.79 Å². The highest BCUT2D eigenvalue weighted by molar-refractivity contribution is 7.13. The van der Waals surface area contributed by atoms with Crippen LogP contribution in [-0.4, -0.2) is 24.1 Å². The van der Waals surface area contributed by atoms with E-state index in [2.05, 4.69) is 10.3 Å². The lowest BCUT2D eigenvalue weighted by Crippen LogP contribution is -2.40. The summed E-state index contributed by atoms with van der Waals surface area (Å²) in [5.74, 6) is 0. The Morgan fingerprint density at radius 1 is 1.69 bits per heavy atom. The van der Waals surface area contributed by atoms with Gasteiger partial charge in [0.1, 0.15) is 0 Å². The number of amides is 2. The third-order valence-corrected chi connectivity index (χ3v) is 2.27. The molecule has 1 N–H and O–H groups in total. The van der Waals surface area contributed by atoms with Crippen LogP contribution in [0.2, 0.25) is 0 Å². The molecule has 2 amide bonds. The van der Waals surface area contributed by atoms with Crippen LogP contribution in [0.25, 0.3) is 0 Å². The van der Waals surface area contributed by atoms with Crippen molar-refractivity contribution in [2.75, 3.05) is 11.9 Å². The van der Waals surface area contributed by atoms with Crippen LogP contribution in [0.3, 0.4) is 0 Å². The second-order valence-electron chi connectivity index (χ2n) is 2.98. The molecule has 5 heteroatoms. The summed E-state index contributed by atoms with van der Waals surface area (Å²) in [5.41, 5.74) is 0. The molecule has 13 heavy (non-hydrogen) atoms. The third-order valence-electron chi connectivity index (χ3n) is 1.42. The summed E-state index contributed by atoms with van der Waals surface area (Å²) in [6, 6.07) is 0.0277. The molecule has 0 radical (unpaired) electrons. The van der Waals surface area contributed by atoms with Crippen molar-refractivity contribution in [2.24, 2.45) is 0 Å². The highest BCUT2D eigenvalue weighted by Crippen LogP contribution is 2.15. The molecule has 0 fully saturated rings. The number of anilines is 1. The molecule has 0 aromatic carbocycles. The first-order valence-corrected chi connectivity index (χ1v) is 4.93. The number of nitrogens with one attached hydrogen (secondary N) is 1. The normalized spacial score (nSPS) is 10.2. The van der Waals surface area contributed by atoms with Crippen molar-refractivity contribution in [3.05, 3.63) is 11.6 Å². The second kappa shape index (κ2) is 4.23. The van der Waals surface area contributed by atoms with Gasteiger partial charge in [-0.15, -0.1) is 11.3 Å². The Labute approximate surface area is 81.6 Å². The lowest BCUT2D eigenvalue weighted by atomic mass is 10.4. The lowest BCUT2D eigenvalue weighted by molar-refractivity contribution is 0.245. The van der Waals surface area contributed by atoms with Crippen LogP contribution < -0.4 is 10.2 Å². The number of carbonyl (C=O) groups is 1. The molecule has 0 atom stereocenters. The van der Waals surface area contributed by atoms with Crippen LogP contribution in [0.4, 0.5) is 9.93 Å². The smallest absolute Gasteiger partial charge is 0.323 e. The lowest BCUT2D eigenvalue weighted by Gasteiger charge is -2.16. The third kappa shape index (κ3) is 2.69. The zero-order chi connectivity index (χ0) is 9.84. The number of thiazole rings is 1. The van der Waals surface area contributed by atoms with Crippen molar-refractivity contribution in [1.29, 1.82) is 0 Å². The van der Waals surface area contributed by atoms with Crippen LogP contribution in [0.5, 0.6) is 0 Å². The zero-order valence-electron chi connectivity index (χ0n) is 7.94. The van der Waals surface area contributed by atoms with Crippen molar-refractivity contribution in [3.63, 3.8) is 0 Å². The van der Waals surface area contributed by atoms with E-state index in [4.69, 9.17) is 0 Å². The number of urea groups is 1. The second-order valence-corrected chi connectivity index (χ2v) is 3.85. The van der Waals surface area contributed by atoms with Crippen molar-refractivity contribution in [1.82, 2.24) is 10.3 Å². The van der Waals surface area contributed by atoms with Crippen molar-refractivity contribution >= 4 is 22.5 Å². The van der Waals surface area contributed by atoms with Gasteiger partial charge in [0.25, 0.3) is 0 Å². The molecule has 1 aromatic heterocycles. The highest BCUT2D eigenvalue weighted by atomic mass is 32.1. The Balaban J connectivity index is 2.58. The minimum Gasteiger partial charge on any atom is -0.335 e. The van der Waals surface area contributed by atoms with E-state index in [0.29, 0.717) is 5.13 Å². The quantitative estimate of drug-likeness (QED) is 0.788. The highest BCUT2D eigenvalue weighted by Gasteiger charge is 2.12. The van der Waals surface area contributed by atoms with Crippen LogP contribution in [0.1, 0.15) is 13.8 Å². The van der Waals surface area contributed by atoms with E-state index in [9.17, 15) is 4.79 Å². The Morgan fingerprint density at radius 2 is 2.38 bits per heavy atom. The van der Waals surface area contributed by atoms with E-state index in [0.717, 1.165) is 0 Å². The van der Waals surface area contributed by atoms with E-state index < -0.39 is 0 Å². The molecule has 72 valence electrons. The first kappa shape index (κ1) is 9.98. The maximum absolute atomic E-state index is 11.4. The molecule has 4 nitrogen and oxygen atoms in total. The van der Waals surface area contributed by atoms with Crippen LogP contribution in [0, 0.1) is 0 Å². The molecule has 0 aliphatic heterocycles. The van der Waals surface area contributed by atoms with Gasteiger partial charge >= 0.3 is 6.03 Å². The van der Waals surface area contributed by atoms with E-state index in [1.807, 2.05) is 19.2 Å². The first-order valence-electron chi connectivity index (χ1n) is 4.05. The molecule has 0 saturated carbocycles. The number of rotatable bonds is 2. The fourth-order valence-electron chi connectivity index (χ4n) is 0.812. The van der Waals surface area contributed by atoms with Gasteiger partial charge in [-0.05, 0) is 13.8 Å². The molecule has 1 rings (SSSR count). The largest absolute Gasteiger partial charge is 0.335 e. The fourth-order valence-corrected chi connectivity index (χ4v) is 1.42. The average molecular weight is 199 g/mol. The number of aromatic nitrogens is 1. The Hall–Kier alpha value is -1.10. The standard InChI is InChI=1S/C8H13N3OS/c1-6(2)10-7(12)11(3)8-9-4-5-13-8/h4-6H,1-3H3,(H,10,12). The van der Waals surface area contributed by atoms with Gasteiger partial charge in [0.05, 0.1) is 0 Å². The number of nitrogens with zero attached hydrogens (tertiary/aromatic N) is 2. The Morgan fingerprint density at radius 3 is 2.85 bits per heavy atom. The average Bonchev–Trinajstić information content (AvgIpc) is 2.53. The maximum Gasteiger partial charge on any atom is 0.323 e. The Kier molecular flexibility index (Phi) is 3.25. The summed E-state index contributed by atoms with van der Waals surface area (Å²) in [6.07, 6.45) is 1.68. The summed E-state index contributed by atoms with van der Waals surface area (Å²) in [4.78, 5) is 17.0. The molecule has 1 heterocycles. The predicted octanol–water partition coefficient (Wildman–Crippen LogP) is 1.70. The SMILES string of the molecule is CC(C)NC(=O)N(C)c1nccs1. The van der Waals surface area contributed by atoms with Gasteiger partial charge in [0.15, 0.2) is 5.13 Å². The van der Waals surface area contributed by atoms with E-state index >= 15 is 0 Å². The molecule has 1 aromatic rings. The van der Waals surface area contributed by atoms with Crippen molar-refractivity contribution in [3.8, 4) is 0 Å². The summed E-state index contributed by atoms with van der Waals surface area (Å²) in [5, 5.41) is 5.33. The maximum atomic E-state index is 11.4. The Bertz CT molecular complexity index is 271. The molecule has 0 aliphatic carbocycles. The summed E-state index contributed by atoms with van der Waals surface area (Å²) < 4.78 is 0. The van der Waals surface area contributed by atoms with Gasteiger partial charge in [-0.2, -0.15) is 0 Å². The molecular formula is C8H13N3OS. The van der Waals surface area contributed by atoms with Gasteiger partial charge in [-0.3, -0.25) is 4.90 Å². The molecule has 0 saturated heterocycles. The number of carbonyl (C=O) groups excluding carboxylic acids is 1. The van der Waals surface area contributed by atoms with E-state index in [-0.39, 0.29) is 12.1 Å². The molecule has 0 spiro atoms. The summed E-state index contributed by atoms with van der Waals surface area (Å²) in [6.45, 7) is 3.85. The van der Waals surface area contributed by atoms with Gasteiger partial charge < -0.3 is 5.32 Å². The molecule has 0 bridgehead atoms. The number of hydrogen-bond acceptors (Lipinski definition) is 3. The van der Waals surface area contributed by atoms with Gasteiger partial charge in [0.2, 0.25) is 0 Å². The summed E-state index contributed by atoms with van der Waals surface area (Å²) in [7, 11) is 1.70. The first-order chi connectivity index (χ1) is 6.11. The van der Waals surface area contributed by atoms with Crippen LogP contribution in [-0.2, 0) is 0 Å². The number of hydrogen-bond donors (Lipinski definition) is 1.